The molecule has 1 amide bonds. The molecule has 6 heteroatoms. The Morgan fingerprint density at radius 1 is 1.47 bits per heavy atom. The number of carbonyl (C=O) groups excluding carboxylic acids is 1. The molecule has 1 aromatic rings. The molecule has 0 saturated carbocycles. The first-order chi connectivity index (χ1) is 7.90. The van der Waals surface area contributed by atoms with Crippen molar-refractivity contribution in [1.29, 1.82) is 0 Å². The van der Waals surface area contributed by atoms with Gasteiger partial charge in [-0.05, 0) is 26.8 Å². The number of anilines is 2. The molecule has 0 aliphatic rings. The molecule has 94 valence electrons. The standard InChI is InChI=1S/C11H19N5O/c1-11(2,3)15-10(17)7-14-8-4-5-13-9(6-8)16-12/h4-6H,7,12H2,1-3H3,(H,15,17)(H2,13,14,16). The molecule has 1 aromatic heterocycles. The minimum atomic E-state index is -0.221. The number of amides is 1. The molecule has 0 aliphatic heterocycles. The van der Waals surface area contributed by atoms with Gasteiger partial charge in [0.2, 0.25) is 5.91 Å². The van der Waals surface area contributed by atoms with Gasteiger partial charge in [0.25, 0.3) is 0 Å². The zero-order chi connectivity index (χ0) is 12.9. The Kier molecular flexibility index (Phi) is 4.28. The average Bonchev–Trinajstić information content (AvgIpc) is 2.24. The predicted octanol–water partition coefficient (Wildman–Crippen LogP) is 0.694. The Hall–Kier alpha value is -1.82. The molecule has 17 heavy (non-hydrogen) atoms. The summed E-state index contributed by atoms with van der Waals surface area (Å²) in [6.45, 7) is 6.03. The fourth-order valence-corrected chi connectivity index (χ4v) is 1.26. The summed E-state index contributed by atoms with van der Waals surface area (Å²) in [4.78, 5) is 15.5. The van der Waals surface area contributed by atoms with Gasteiger partial charge in [0.1, 0.15) is 5.82 Å². The normalized spacial score (nSPS) is 10.8. The monoisotopic (exact) mass is 237 g/mol. The van der Waals surface area contributed by atoms with Crippen molar-refractivity contribution >= 4 is 17.4 Å². The lowest BCUT2D eigenvalue weighted by Crippen LogP contribution is -2.43. The highest BCUT2D eigenvalue weighted by Gasteiger charge is 2.12. The molecule has 0 spiro atoms. The van der Waals surface area contributed by atoms with Crippen molar-refractivity contribution in [2.24, 2.45) is 5.84 Å². The zero-order valence-electron chi connectivity index (χ0n) is 10.4. The third-order valence-electron chi connectivity index (χ3n) is 1.88. The van der Waals surface area contributed by atoms with Crippen molar-refractivity contribution in [3.8, 4) is 0 Å². The van der Waals surface area contributed by atoms with E-state index in [-0.39, 0.29) is 18.0 Å². The highest BCUT2D eigenvalue weighted by atomic mass is 16.2. The highest BCUT2D eigenvalue weighted by Crippen LogP contribution is 2.10. The average molecular weight is 237 g/mol. The molecule has 1 heterocycles. The van der Waals surface area contributed by atoms with Gasteiger partial charge in [0, 0.05) is 23.5 Å². The van der Waals surface area contributed by atoms with Crippen molar-refractivity contribution in [3.63, 3.8) is 0 Å². The maximum Gasteiger partial charge on any atom is 0.239 e. The third-order valence-corrected chi connectivity index (χ3v) is 1.88. The number of rotatable bonds is 4. The Bertz CT molecular complexity index is 386. The molecule has 0 saturated heterocycles. The molecule has 6 nitrogen and oxygen atoms in total. The van der Waals surface area contributed by atoms with Crippen LogP contribution >= 0.6 is 0 Å². The van der Waals surface area contributed by atoms with Gasteiger partial charge in [-0.1, -0.05) is 0 Å². The first-order valence-corrected chi connectivity index (χ1v) is 5.38. The van der Waals surface area contributed by atoms with Crippen LogP contribution in [0.25, 0.3) is 0 Å². The van der Waals surface area contributed by atoms with Crippen LogP contribution in [0.2, 0.25) is 0 Å². The molecule has 0 bridgehead atoms. The van der Waals surface area contributed by atoms with Gasteiger partial charge in [-0.15, -0.1) is 0 Å². The molecule has 0 atom stereocenters. The van der Waals surface area contributed by atoms with Crippen LogP contribution in [0.15, 0.2) is 18.3 Å². The topological polar surface area (TPSA) is 92.1 Å². The molecule has 0 unspecified atom stereocenters. The third kappa shape index (κ3) is 5.17. The van der Waals surface area contributed by atoms with E-state index in [1.165, 1.54) is 0 Å². The van der Waals surface area contributed by atoms with Gasteiger partial charge in [0.05, 0.1) is 6.54 Å². The van der Waals surface area contributed by atoms with E-state index in [2.05, 4.69) is 21.0 Å². The number of nitrogen functional groups attached to an aromatic ring is 1. The van der Waals surface area contributed by atoms with Crippen molar-refractivity contribution in [1.82, 2.24) is 10.3 Å². The highest BCUT2D eigenvalue weighted by molar-refractivity contribution is 5.81. The smallest absolute Gasteiger partial charge is 0.239 e. The summed E-state index contributed by atoms with van der Waals surface area (Å²) in [5.74, 6) is 5.73. The lowest BCUT2D eigenvalue weighted by atomic mass is 10.1. The minimum absolute atomic E-state index is 0.0587. The molecular formula is C11H19N5O. The predicted molar refractivity (Wildman–Crippen MR) is 68.4 cm³/mol. The van der Waals surface area contributed by atoms with Gasteiger partial charge >= 0.3 is 0 Å². The number of hydrogen-bond acceptors (Lipinski definition) is 5. The van der Waals surface area contributed by atoms with E-state index in [0.717, 1.165) is 5.69 Å². The Morgan fingerprint density at radius 3 is 2.76 bits per heavy atom. The number of nitrogens with zero attached hydrogens (tertiary/aromatic N) is 1. The van der Waals surface area contributed by atoms with Gasteiger partial charge in [-0.3, -0.25) is 4.79 Å². The second kappa shape index (κ2) is 5.49. The summed E-state index contributed by atoms with van der Waals surface area (Å²) in [6.07, 6.45) is 1.61. The number of hydrazine groups is 1. The van der Waals surface area contributed by atoms with Gasteiger partial charge in [-0.2, -0.15) is 0 Å². The molecule has 0 aliphatic carbocycles. The summed E-state index contributed by atoms with van der Waals surface area (Å²) in [5.41, 5.74) is 3.01. The van der Waals surface area contributed by atoms with E-state index in [1.807, 2.05) is 20.8 Å². The molecule has 0 aromatic carbocycles. The van der Waals surface area contributed by atoms with Crippen LogP contribution < -0.4 is 21.9 Å². The van der Waals surface area contributed by atoms with Crippen LogP contribution in [0.5, 0.6) is 0 Å². The largest absolute Gasteiger partial charge is 0.376 e. The number of pyridine rings is 1. The van der Waals surface area contributed by atoms with E-state index < -0.39 is 0 Å². The number of hydrogen-bond donors (Lipinski definition) is 4. The van der Waals surface area contributed by atoms with Gasteiger partial charge < -0.3 is 16.1 Å². The van der Waals surface area contributed by atoms with Crippen LogP contribution in [0.3, 0.4) is 0 Å². The summed E-state index contributed by atoms with van der Waals surface area (Å²) in [6, 6.07) is 3.50. The van der Waals surface area contributed by atoms with Crippen LogP contribution in [-0.4, -0.2) is 23.0 Å². The fraction of sp³-hybridized carbons (Fsp3) is 0.455. The summed E-state index contributed by atoms with van der Waals surface area (Å²) in [5, 5.41) is 5.85. The second-order valence-electron chi connectivity index (χ2n) is 4.73. The van der Waals surface area contributed by atoms with E-state index in [0.29, 0.717) is 5.82 Å². The summed E-state index contributed by atoms with van der Waals surface area (Å²) >= 11 is 0. The number of aromatic nitrogens is 1. The molecule has 0 fully saturated rings. The quantitative estimate of drug-likeness (QED) is 0.457. The van der Waals surface area contributed by atoms with Crippen molar-refractivity contribution in [2.45, 2.75) is 26.3 Å². The van der Waals surface area contributed by atoms with E-state index in [9.17, 15) is 4.79 Å². The van der Waals surface area contributed by atoms with Crippen LogP contribution in [-0.2, 0) is 4.79 Å². The lowest BCUT2D eigenvalue weighted by Gasteiger charge is -2.20. The number of carbonyl (C=O) groups is 1. The van der Waals surface area contributed by atoms with Crippen molar-refractivity contribution in [3.05, 3.63) is 18.3 Å². The summed E-state index contributed by atoms with van der Waals surface area (Å²) < 4.78 is 0. The van der Waals surface area contributed by atoms with Crippen LogP contribution in [0.1, 0.15) is 20.8 Å². The number of nitrogens with one attached hydrogen (secondary N) is 3. The number of nitrogens with two attached hydrogens (primary N) is 1. The minimum Gasteiger partial charge on any atom is -0.376 e. The van der Waals surface area contributed by atoms with E-state index in [4.69, 9.17) is 5.84 Å². The molecular weight excluding hydrogens is 218 g/mol. The zero-order valence-corrected chi connectivity index (χ0v) is 10.4. The Labute approximate surface area is 101 Å². The molecule has 0 radical (unpaired) electrons. The van der Waals surface area contributed by atoms with Gasteiger partial charge in [-0.25, -0.2) is 10.8 Å². The SMILES string of the molecule is CC(C)(C)NC(=O)CNc1ccnc(NN)c1. The van der Waals surface area contributed by atoms with Gasteiger partial charge in [0.15, 0.2) is 0 Å². The Balaban J connectivity index is 2.47. The Morgan fingerprint density at radius 2 is 2.18 bits per heavy atom. The first-order valence-electron chi connectivity index (χ1n) is 5.38. The summed E-state index contributed by atoms with van der Waals surface area (Å²) in [7, 11) is 0. The molecule has 5 N–H and O–H groups in total. The van der Waals surface area contributed by atoms with Crippen molar-refractivity contribution in [2.75, 3.05) is 17.3 Å². The second-order valence-corrected chi connectivity index (χ2v) is 4.73. The van der Waals surface area contributed by atoms with Crippen molar-refractivity contribution < 1.29 is 4.79 Å². The lowest BCUT2D eigenvalue weighted by molar-refractivity contribution is -0.120. The first kappa shape index (κ1) is 13.2. The fourth-order valence-electron chi connectivity index (χ4n) is 1.26. The molecule has 1 rings (SSSR count). The van der Waals surface area contributed by atoms with E-state index >= 15 is 0 Å². The maximum absolute atomic E-state index is 11.6. The van der Waals surface area contributed by atoms with Crippen LogP contribution in [0.4, 0.5) is 11.5 Å². The van der Waals surface area contributed by atoms with E-state index in [1.54, 1.807) is 18.3 Å². The maximum atomic E-state index is 11.6. The van der Waals surface area contributed by atoms with Crippen LogP contribution in [0, 0.1) is 0 Å².